The molecule has 6 heteroatoms. The van der Waals surface area contributed by atoms with E-state index in [4.69, 9.17) is 11.6 Å². The second-order valence-corrected chi connectivity index (χ2v) is 5.14. The van der Waals surface area contributed by atoms with Gasteiger partial charge >= 0.3 is 0 Å². The molecule has 1 aliphatic rings. The lowest BCUT2D eigenvalue weighted by Crippen LogP contribution is -2.36. The van der Waals surface area contributed by atoms with Crippen LogP contribution in [0.3, 0.4) is 0 Å². The van der Waals surface area contributed by atoms with E-state index in [0.717, 1.165) is 25.7 Å². The van der Waals surface area contributed by atoms with Gasteiger partial charge in [-0.25, -0.2) is 0 Å². The van der Waals surface area contributed by atoms with E-state index in [-0.39, 0.29) is 28.2 Å². The molecule has 1 amide bonds. The monoisotopic (exact) mass is 282 g/mol. The molecule has 19 heavy (non-hydrogen) atoms. The smallest absolute Gasteiger partial charge is 0.270 e. The number of nitro benzene ring substituents is 1. The Hall–Kier alpha value is -1.62. The summed E-state index contributed by atoms with van der Waals surface area (Å²) in [6.07, 6.45) is 5.43. The number of nitrogens with one attached hydrogen (secondary N) is 1. The van der Waals surface area contributed by atoms with Gasteiger partial charge in [0.1, 0.15) is 0 Å². The number of halogens is 1. The molecule has 0 saturated heterocycles. The standard InChI is InChI=1S/C13H15ClN2O3/c14-12-8-10(16(18)19)6-7-11(12)13(17)15-9-4-2-1-3-5-9/h6-9H,1-5H2,(H,15,17). The number of nitro groups is 1. The molecule has 1 aromatic carbocycles. The lowest BCUT2D eigenvalue weighted by molar-refractivity contribution is -0.384. The van der Waals surface area contributed by atoms with E-state index in [1.807, 2.05) is 0 Å². The molecule has 1 N–H and O–H groups in total. The van der Waals surface area contributed by atoms with Gasteiger partial charge in [0.15, 0.2) is 0 Å². The number of carbonyl (C=O) groups is 1. The van der Waals surface area contributed by atoms with Gasteiger partial charge in [0.2, 0.25) is 0 Å². The summed E-state index contributed by atoms with van der Waals surface area (Å²) in [7, 11) is 0. The molecule has 1 aliphatic carbocycles. The highest BCUT2D eigenvalue weighted by Gasteiger charge is 2.19. The topological polar surface area (TPSA) is 72.2 Å². The Kier molecular flexibility index (Phi) is 4.37. The molecule has 5 nitrogen and oxygen atoms in total. The molecular weight excluding hydrogens is 268 g/mol. The number of rotatable bonds is 3. The van der Waals surface area contributed by atoms with E-state index in [0.29, 0.717) is 0 Å². The first kappa shape index (κ1) is 13.8. The molecule has 0 unspecified atom stereocenters. The largest absolute Gasteiger partial charge is 0.349 e. The van der Waals surface area contributed by atoms with Crippen molar-refractivity contribution in [2.24, 2.45) is 0 Å². The van der Waals surface area contributed by atoms with Gasteiger partial charge in [0.05, 0.1) is 15.5 Å². The second kappa shape index (κ2) is 6.02. The Labute approximate surface area is 116 Å². The zero-order valence-corrected chi connectivity index (χ0v) is 11.2. The van der Waals surface area contributed by atoms with Crippen LogP contribution in [0.4, 0.5) is 5.69 Å². The summed E-state index contributed by atoms with van der Waals surface area (Å²) < 4.78 is 0. The van der Waals surface area contributed by atoms with Crippen LogP contribution in [-0.2, 0) is 0 Å². The van der Waals surface area contributed by atoms with Crippen molar-refractivity contribution in [3.63, 3.8) is 0 Å². The van der Waals surface area contributed by atoms with Crippen molar-refractivity contribution < 1.29 is 9.72 Å². The first-order valence-corrected chi connectivity index (χ1v) is 6.70. The van der Waals surface area contributed by atoms with Gasteiger partial charge in [-0.1, -0.05) is 30.9 Å². The Bertz CT molecular complexity index is 499. The fraction of sp³-hybridized carbons (Fsp3) is 0.462. The highest BCUT2D eigenvalue weighted by Crippen LogP contribution is 2.23. The molecule has 0 bridgehead atoms. The molecule has 0 aromatic heterocycles. The summed E-state index contributed by atoms with van der Waals surface area (Å²) >= 11 is 5.92. The molecule has 0 heterocycles. The molecule has 1 fully saturated rings. The maximum absolute atomic E-state index is 12.0. The minimum Gasteiger partial charge on any atom is -0.349 e. The SMILES string of the molecule is O=C(NC1CCCCC1)c1ccc([N+](=O)[O-])cc1Cl. The molecule has 2 rings (SSSR count). The minimum atomic E-state index is -0.533. The van der Waals surface area contributed by atoms with Crippen LogP contribution in [0.1, 0.15) is 42.5 Å². The van der Waals surface area contributed by atoms with Crippen LogP contribution in [0, 0.1) is 10.1 Å². The summed E-state index contributed by atoms with van der Waals surface area (Å²) in [6.45, 7) is 0. The van der Waals surface area contributed by atoms with Crippen LogP contribution in [0.15, 0.2) is 18.2 Å². The van der Waals surface area contributed by atoms with E-state index in [1.165, 1.54) is 24.6 Å². The highest BCUT2D eigenvalue weighted by molar-refractivity contribution is 6.34. The average molecular weight is 283 g/mol. The summed E-state index contributed by atoms with van der Waals surface area (Å²) in [5, 5.41) is 13.6. The second-order valence-electron chi connectivity index (χ2n) is 4.73. The van der Waals surface area contributed by atoms with E-state index in [1.54, 1.807) is 0 Å². The van der Waals surface area contributed by atoms with Gasteiger partial charge < -0.3 is 5.32 Å². The first-order valence-electron chi connectivity index (χ1n) is 6.33. The lowest BCUT2D eigenvalue weighted by atomic mass is 9.95. The van der Waals surface area contributed by atoms with Gasteiger partial charge in [-0.15, -0.1) is 0 Å². The van der Waals surface area contributed by atoms with E-state index < -0.39 is 4.92 Å². The maximum atomic E-state index is 12.0. The molecule has 0 aliphatic heterocycles. The number of hydrogen-bond donors (Lipinski definition) is 1. The van der Waals surface area contributed by atoms with Crippen LogP contribution in [-0.4, -0.2) is 16.9 Å². The molecule has 0 radical (unpaired) electrons. The molecule has 102 valence electrons. The third-order valence-electron chi connectivity index (χ3n) is 3.35. The third kappa shape index (κ3) is 3.44. The number of nitrogens with zero attached hydrogens (tertiary/aromatic N) is 1. The quantitative estimate of drug-likeness (QED) is 0.683. The maximum Gasteiger partial charge on any atom is 0.270 e. The Balaban J connectivity index is 2.08. The van der Waals surface area contributed by atoms with Crippen molar-refractivity contribution in [2.45, 2.75) is 38.1 Å². The molecule has 1 saturated carbocycles. The highest BCUT2D eigenvalue weighted by atomic mass is 35.5. The lowest BCUT2D eigenvalue weighted by Gasteiger charge is -2.22. The minimum absolute atomic E-state index is 0.112. The van der Waals surface area contributed by atoms with Crippen molar-refractivity contribution in [3.05, 3.63) is 38.9 Å². The van der Waals surface area contributed by atoms with Crippen molar-refractivity contribution >= 4 is 23.2 Å². The molecule has 0 spiro atoms. The molecular formula is C13H15ClN2O3. The van der Waals surface area contributed by atoms with E-state index in [9.17, 15) is 14.9 Å². The molecule has 1 aromatic rings. The number of carbonyl (C=O) groups excluding carboxylic acids is 1. The third-order valence-corrected chi connectivity index (χ3v) is 3.66. The van der Waals surface area contributed by atoms with Crippen LogP contribution in [0.5, 0.6) is 0 Å². The predicted octanol–water partition coefficient (Wildman–Crippen LogP) is 3.31. The fourth-order valence-electron chi connectivity index (χ4n) is 2.31. The number of hydrogen-bond acceptors (Lipinski definition) is 3. The summed E-state index contributed by atoms with van der Waals surface area (Å²) in [4.78, 5) is 22.1. The van der Waals surface area contributed by atoms with E-state index in [2.05, 4.69) is 5.32 Å². The van der Waals surface area contributed by atoms with Gasteiger partial charge in [0, 0.05) is 18.2 Å². The Morgan fingerprint density at radius 1 is 1.32 bits per heavy atom. The van der Waals surface area contributed by atoms with Crippen LogP contribution >= 0.6 is 11.6 Å². The number of amides is 1. The number of benzene rings is 1. The Morgan fingerprint density at radius 3 is 2.58 bits per heavy atom. The zero-order chi connectivity index (χ0) is 13.8. The fourth-order valence-corrected chi connectivity index (χ4v) is 2.57. The summed E-state index contributed by atoms with van der Waals surface area (Å²) in [6, 6.07) is 4.09. The van der Waals surface area contributed by atoms with Gasteiger partial charge in [0.25, 0.3) is 11.6 Å². The van der Waals surface area contributed by atoms with Crippen LogP contribution < -0.4 is 5.32 Å². The Morgan fingerprint density at radius 2 is 2.00 bits per heavy atom. The summed E-state index contributed by atoms with van der Waals surface area (Å²) in [5.41, 5.74) is 0.178. The van der Waals surface area contributed by atoms with Gasteiger partial charge in [-0.3, -0.25) is 14.9 Å². The van der Waals surface area contributed by atoms with Crippen molar-refractivity contribution in [3.8, 4) is 0 Å². The normalized spacial score (nSPS) is 16.1. The average Bonchev–Trinajstić information content (AvgIpc) is 2.39. The van der Waals surface area contributed by atoms with Crippen molar-refractivity contribution in [2.75, 3.05) is 0 Å². The van der Waals surface area contributed by atoms with Crippen molar-refractivity contribution in [1.82, 2.24) is 5.32 Å². The van der Waals surface area contributed by atoms with Crippen LogP contribution in [0.2, 0.25) is 5.02 Å². The van der Waals surface area contributed by atoms with Crippen molar-refractivity contribution in [1.29, 1.82) is 0 Å². The first-order chi connectivity index (χ1) is 9.08. The van der Waals surface area contributed by atoms with Gasteiger partial charge in [-0.05, 0) is 18.9 Å². The van der Waals surface area contributed by atoms with Gasteiger partial charge in [-0.2, -0.15) is 0 Å². The molecule has 0 atom stereocenters. The number of non-ortho nitro benzene ring substituents is 1. The van der Waals surface area contributed by atoms with E-state index >= 15 is 0 Å². The summed E-state index contributed by atoms with van der Waals surface area (Å²) in [5.74, 6) is -0.258. The predicted molar refractivity (Wildman–Crippen MR) is 72.4 cm³/mol. The van der Waals surface area contributed by atoms with Crippen LogP contribution in [0.25, 0.3) is 0 Å². The zero-order valence-electron chi connectivity index (χ0n) is 10.4.